The highest BCUT2D eigenvalue weighted by molar-refractivity contribution is 5.68. The van der Waals surface area contributed by atoms with Gasteiger partial charge in [0.1, 0.15) is 17.4 Å². The first-order valence-electron chi connectivity index (χ1n) is 14.4. The Morgan fingerprint density at radius 1 is 0.619 bits per heavy atom. The lowest BCUT2D eigenvalue weighted by Crippen LogP contribution is -1.96. The Morgan fingerprint density at radius 2 is 1.21 bits per heavy atom. The molecule has 0 fully saturated rings. The third kappa shape index (κ3) is 7.14. The molecule has 0 amide bonds. The maximum Gasteiger partial charge on any atom is 0.134 e. The summed E-state index contributed by atoms with van der Waals surface area (Å²) in [5.74, 6) is 6.25. The molecule has 0 aromatic heterocycles. The molecule has 42 heavy (non-hydrogen) atoms. The van der Waals surface area contributed by atoms with Crippen LogP contribution in [0.25, 0.3) is 22.3 Å². The van der Waals surface area contributed by atoms with Crippen LogP contribution in [-0.2, 0) is 12.8 Å². The van der Waals surface area contributed by atoms with Gasteiger partial charge in [0.05, 0.1) is 6.61 Å². The van der Waals surface area contributed by atoms with Crippen molar-refractivity contribution in [3.05, 3.63) is 148 Å². The van der Waals surface area contributed by atoms with Crippen LogP contribution in [0.2, 0.25) is 0 Å². The van der Waals surface area contributed by atoms with Crippen molar-refractivity contribution in [3.8, 4) is 39.8 Å². The smallest absolute Gasteiger partial charge is 0.134 e. The van der Waals surface area contributed by atoms with E-state index in [4.69, 9.17) is 4.74 Å². The molecular formula is C39H34F2O. The average molecular weight is 557 g/mol. The van der Waals surface area contributed by atoms with Crippen LogP contribution < -0.4 is 4.74 Å². The minimum atomic E-state index is -0.284. The molecule has 0 spiro atoms. The molecule has 0 unspecified atom stereocenters. The Bertz CT molecular complexity index is 1720. The molecule has 0 atom stereocenters. The summed E-state index contributed by atoms with van der Waals surface area (Å²) in [6.45, 7) is 6.60. The minimum Gasteiger partial charge on any atom is -0.494 e. The number of aryl methyl sites for hydroxylation is 4. The van der Waals surface area contributed by atoms with Crippen LogP contribution in [0.4, 0.5) is 8.78 Å². The zero-order chi connectivity index (χ0) is 29.5. The fourth-order valence-corrected chi connectivity index (χ4v) is 4.84. The molecule has 0 aliphatic carbocycles. The third-order valence-corrected chi connectivity index (χ3v) is 7.35. The van der Waals surface area contributed by atoms with E-state index in [1.807, 2.05) is 93.6 Å². The van der Waals surface area contributed by atoms with Crippen LogP contribution in [0.5, 0.6) is 5.75 Å². The van der Waals surface area contributed by atoms with Gasteiger partial charge in [0.25, 0.3) is 0 Å². The van der Waals surface area contributed by atoms with Gasteiger partial charge in [-0.05, 0) is 97.3 Å². The van der Waals surface area contributed by atoms with Crippen LogP contribution in [0.15, 0.2) is 103 Å². The van der Waals surface area contributed by atoms with Crippen molar-refractivity contribution in [2.45, 2.75) is 40.0 Å². The first kappa shape index (κ1) is 28.8. The number of benzene rings is 5. The second-order valence-electron chi connectivity index (χ2n) is 10.6. The van der Waals surface area contributed by atoms with Gasteiger partial charge in [-0.15, -0.1) is 0 Å². The van der Waals surface area contributed by atoms with Crippen molar-refractivity contribution in [3.63, 3.8) is 0 Å². The lowest BCUT2D eigenvalue weighted by Gasteiger charge is -2.10. The molecule has 0 aliphatic rings. The molecule has 5 aromatic carbocycles. The van der Waals surface area contributed by atoms with E-state index in [2.05, 4.69) is 24.0 Å². The van der Waals surface area contributed by atoms with E-state index in [0.717, 1.165) is 41.5 Å². The Morgan fingerprint density at radius 3 is 1.81 bits per heavy atom. The summed E-state index contributed by atoms with van der Waals surface area (Å²) < 4.78 is 35.3. The van der Waals surface area contributed by atoms with Crippen molar-refractivity contribution in [2.24, 2.45) is 0 Å². The summed E-state index contributed by atoms with van der Waals surface area (Å²) in [5.41, 5.74) is 8.90. The van der Waals surface area contributed by atoms with Gasteiger partial charge in [0.15, 0.2) is 0 Å². The topological polar surface area (TPSA) is 9.23 Å². The summed E-state index contributed by atoms with van der Waals surface area (Å²) in [6.07, 6.45) is 2.59. The molecule has 0 bridgehead atoms. The lowest BCUT2D eigenvalue weighted by molar-refractivity contribution is 0.316. The average Bonchev–Trinajstić information content (AvgIpc) is 3.01. The lowest BCUT2D eigenvalue weighted by atomic mass is 9.96. The van der Waals surface area contributed by atoms with E-state index in [1.165, 1.54) is 28.8 Å². The molecular weight excluding hydrogens is 522 g/mol. The maximum atomic E-state index is 15.1. The monoisotopic (exact) mass is 556 g/mol. The summed E-state index contributed by atoms with van der Waals surface area (Å²) in [5, 5.41) is 0. The van der Waals surface area contributed by atoms with Gasteiger partial charge in [-0.2, -0.15) is 0 Å². The zero-order valence-electron chi connectivity index (χ0n) is 24.3. The molecule has 0 saturated carbocycles. The fourth-order valence-electron chi connectivity index (χ4n) is 4.84. The molecule has 0 radical (unpaired) electrons. The zero-order valence-corrected chi connectivity index (χ0v) is 24.3. The fraction of sp³-hybridized carbons (Fsp3) is 0.179. The summed E-state index contributed by atoms with van der Waals surface area (Å²) in [7, 11) is 0. The second-order valence-corrected chi connectivity index (χ2v) is 10.6. The van der Waals surface area contributed by atoms with E-state index in [9.17, 15) is 4.39 Å². The van der Waals surface area contributed by atoms with E-state index < -0.39 is 0 Å². The molecule has 0 aliphatic heterocycles. The van der Waals surface area contributed by atoms with Crippen molar-refractivity contribution in [1.29, 1.82) is 0 Å². The Labute approximate surface area is 247 Å². The maximum absolute atomic E-state index is 15.1. The molecule has 0 heterocycles. The summed E-state index contributed by atoms with van der Waals surface area (Å²) in [6, 6.07) is 32.5. The molecule has 210 valence electrons. The van der Waals surface area contributed by atoms with Crippen LogP contribution >= 0.6 is 0 Å². The standard InChI is InChI=1S/C39H34F2O/c1-4-23-42-35-21-22-36(39(41)26-35)32-16-11-30(12-17-32)9-10-31-13-18-33(19-14-31)37-24-28(3)34(25-38(37)40)20-15-29-7-5-27(2)6-8-29/h5-8,11-14,16-19,21-22,24-26H,4,9-10,23H2,1-3H3. The van der Waals surface area contributed by atoms with Crippen molar-refractivity contribution in [2.75, 3.05) is 6.61 Å². The largest absolute Gasteiger partial charge is 0.494 e. The van der Waals surface area contributed by atoms with Gasteiger partial charge < -0.3 is 4.74 Å². The van der Waals surface area contributed by atoms with Gasteiger partial charge >= 0.3 is 0 Å². The highest BCUT2D eigenvalue weighted by atomic mass is 19.1. The van der Waals surface area contributed by atoms with Gasteiger partial charge in [-0.3, -0.25) is 0 Å². The number of hydrogen-bond acceptors (Lipinski definition) is 1. The first-order chi connectivity index (χ1) is 20.4. The number of rotatable bonds is 8. The predicted molar refractivity (Wildman–Crippen MR) is 169 cm³/mol. The van der Waals surface area contributed by atoms with Crippen molar-refractivity contribution < 1.29 is 13.5 Å². The quantitative estimate of drug-likeness (QED) is 0.173. The number of hydrogen-bond donors (Lipinski definition) is 0. The van der Waals surface area contributed by atoms with Gasteiger partial charge in [0, 0.05) is 28.3 Å². The van der Waals surface area contributed by atoms with Gasteiger partial charge in [0.2, 0.25) is 0 Å². The third-order valence-electron chi connectivity index (χ3n) is 7.35. The first-order valence-corrected chi connectivity index (χ1v) is 14.4. The summed E-state index contributed by atoms with van der Waals surface area (Å²) >= 11 is 0. The van der Waals surface area contributed by atoms with Crippen LogP contribution in [0, 0.1) is 37.3 Å². The molecule has 5 aromatic rings. The SMILES string of the molecule is CCCOc1ccc(-c2ccc(CCc3ccc(-c4cc(C)c(C#Cc5ccc(C)cc5)cc4F)cc3)cc2)c(F)c1. The Kier molecular flexibility index (Phi) is 9.15. The highest BCUT2D eigenvalue weighted by Gasteiger charge is 2.10. The molecule has 3 heteroatoms. The normalized spacial score (nSPS) is 10.7. The van der Waals surface area contributed by atoms with Gasteiger partial charge in [-0.1, -0.05) is 85.0 Å². The molecule has 0 saturated heterocycles. The minimum absolute atomic E-state index is 0.277. The van der Waals surface area contributed by atoms with Gasteiger partial charge in [-0.25, -0.2) is 8.78 Å². The number of ether oxygens (including phenoxy) is 1. The second kappa shape index (κ2) is 13.3. The number of halogens is 2. The molecule has 0 N–H and O–H groups in total. The van der Waals surface area contributed by atoms with E-state index >= 15 is 4.39 Å². The van der Waals surface area contributed by atoms with E-state index in [-0.39, 0.29) is 11.6 Å². The van der Waals surface area contributed by atoms with Crippen molar-refractivity contribution >= 4 is 0 Å². The van der Waals surface area contributed by atoms with Crippen LogP contribution in [0.3, 0.4) is 0 Å². The van der Waals surface area contributed by atoms with Crippen LogP contribution in [0.1, 0.15) is 46.7 Å². The van der Waals surface area contributed by atoms with Crippen molar-refractivity contribution in [1.82, 2.24) is 0 Å². The predicted octanol–water partition coefficient (Wildman–Crippen LogP) is 9.89. The van der Waals surface area contributed by atoms with E-state index in [1.54, 1.807) is 6.07 Å². The molecule has 5 rings (SSSR count). The van der Waals surface area contributed by atoms with Crippen LogP contribution in [-0.4, -0.2) is 6.61 Å². The van der Waals surface area contributed by atoms with E-state index in [0.29, 0.717) is 29.0 Å². The Balaban J connectivity index is 1.22. The highest BCUT2D eigenvalue weighted by Crippen LogP contribution is 2.28. The molecule has 1 nitrogen and oxygen atoms in total. The summed E-state index contributed by atoms with van der Waals surface area (Å²) in [4.78, 5) is 0. The Hall–Kier alpha value is -4.68.